The molecule has 0 spiro atoms. The number of anilines is 1. The summed E-state index contributed by atoms with van der Waals surface area (Å²) in [7, 11) is 0. The van der Waals surface area contributed by atoms with Crippen molar-refractivity contribution in [1.82, 2.24) is 0 Å². The standard InChI is InChI=1S/C20H21N3O4S/c21-19(25)18-15-6-1-7-16(15)28-20(18)22-17(24)12-23(10-13-4-2-8-26-13)11-14-5-3-9-27-14/h2-5,8-9H,1,6-7,10-12H2,(H2,21,25)(H,22,24)/p+1. The van der Waals surface area contributed by atoms with Crippen LogP contribution in [0, 0.1) is 0 Å². The maximum atomic E-state index is 12.7. The van der Waals surface area contributed by atoms with Crippen LogP contribution in [0.2, 0.25) is 0 Å². The highest BCUT2D eigenvalue weighted by atomic mass is 32.1. The second-order valence-corrected chi connectivity index (χ2v) is 8.02. The van der Waals surface area contributed by atoms with Gasteiger partial charge in [-0.2, -0.15) is 0 Å². The van der Waals surface area contributed by atoms with E-state index in [0.29, 0.717) is 23.7 Å². The summed E-state index contributed by atoms with van der Waals surface area (Å²) in [5.41, 5.74) is 7.06. The average Bonchev–Trinajstić information content (AvgIpc) is 3.39. The summed E-state index contributed by atoms with van der Waals surface area (Å²) in [6, 6.07) is 7.42. The fourth-order valence-corrected chi connectivity index (χ4v) is 4.97. The van der Waals surface area contributed by atoms with Gasteiger partial charge in [-0.25, -0.2) is 0 Å². The Morgan fingerprint density at radius 1 is 1.11 bits per heavy atom. The number of fused-ring (bicyclic) bond motifs is 1. The molecule has 0 bridgehead atoms. The maximum absolute atomic E-state index is 12.7. The fourth-order valence-electron chi connectivity index (χ4n) is 3.66. The summed E-state index contributed by atoms with van der Waals surface area (Å²) in [4.78, 5) is 26.8. The molecule has 1 aliphatic rings. The molecule has 4 rings (SSSR count). The van der Waals surface area contributed by atoms with Crippen LogP contribution in [0.15, 0.2) is 45.6 Å². The quantitative estimate of drug-likeness (QED) is 0.536. The van der Waals surface area contributed by atoms with E-state index < -0.39 is 5.91 Å². The summed E-state index contributed by atoms with van der Waals surface area (Å²) >= 11 is 1.46. The number of carbonyl (C=O) groups excluding carboxylic acids is 2. The molecule has 146 valence electrons. The average molecular weight is 400 g/mol. The van der Waals surface area contributed by atoms with E-state index in [0.717, 1.165) is 46.1 Å². The number of amides is 2. The Hall–Kier alpha value is -2.84. The normalized spacial score (nSPS) is 13.0. The maximum Gasteiger partial charge on any atom is 0.280 e. The SMILES string of the molecule is NC(=O)c1c(NC(=O)C[NH+](Cc2ccco2)Cc2ccco2)sc2c1CCC2. The van der Waals surface area contributed by atoms with E-state index in [1.807, 2.05) is 24.3 Å². The molecular weight excluding hydrogens is 378 g/mol. The number of nitrogens with one attached hydrogen (secondary N) is 2. The molecule has 3 aromatic rings. The molecule has 0 fully saturated rings. The summed E-state index contributed by atoms with van der Waals surface area (Å²) < 4.78 is 10.9. The topological polar surface area (TPSA) is 103 Å². The minimum Gasteiger partial charge on any atom is -0.463 e. The van der Waals surface area contributed by atoms with Gasteiger partial charge in [0.1, 0.15) is 18.1 Å². The number of rotatable bonds is 8. The fraction of sp³-hybridized carbons (Fsp3) is 0.300. The zero-order valence-corrected chi connectivity index (χ0v) is 16.1. The highest BCUT2D eigenvalue weighted by molar-refractivity contribution is 7.17. The summed E-state index contributed by atoms with van der Waals surface area (Å²) in [5.74, 6) is 0.935. The van der Waals surface area contributed by atoms with Crippen LogP contribution in [0.4, 0.5) is 5.00 Å². The van der Waals surface area contributed by atoms with E-state index >= 15 is 0 Å². The molecule has 2 amide bonds. The summed E-state index contributed by atoms with van der Waals surface area (Å²) in [6.45, 7) is 1.30. The van der Waals surface area contributed by atoms with Crippen LogP contribution in [0.3, 0.4) is 0 Å². The van der Waals surface area contributed by atoms with E-state index in [9.17, 15) is 9.59 Å². The van der Waals surface area contributed by atoms with Crippen LogP contribution >= 0.6 is 11.3 Å². The molecule has 0 saturated carbocycles. The smallest absolute Gasteiger partial charge is 0.280 e. The Morgan fingerprint density at radius 2 is 1.79 bits per heavy atom. The second-order valence-electron chi connectivity index (χ2n) is 6.91. The number of hydrogen-bond donors (Lipinski definition) is 3. The molecule has 0 aliphatic heterocycles. The molecule has 1 aliphatic carbocycles. The number of hydrogen-bond acceptors (Lipinski definition) is 5. The molecule has 0 aromatic carbocycles. The zero-order valence-electron chi connectivity index (χ0n) is 15.3. The first-order valence-corrected chi connectivity index (χ1v) is 10.0. The van der Waals surface area contributed by atoms with E-state index in [-0.39, 0.29) is 12.5 Å². The van der Waals surface area contributed by atoms with Crippen molar-refractivity contribution in [2.45, 2.75) is 32.4 Å². The van der Waals surface area contributed by atoms with Crippen LogP contribution in [-0.2, 0) is 30.7 Å². The van der Waals surface area contributed by atoms with Crippen molar-refractivity contribution in [2.24, 2.45) is 5.73 Å². The van der Waals surface area contributed by atoms with Crippen molar-refractivity contribution in [1.29, 1.82) is 0 Å². The first-order valence-electron chi connectivity index (χ1n) is 9.22. The zero-order chi connectivity index (χ0) is 19.5. The number of thiophene rings is 1. The minimum atomic E-state index is -0.481. The molecule has 3 aromatic heterocycles. The van der Waals surface area contributed by atoms with E-state index in [1.165, 1.54) is 11.3 Å². The first kappa shape index (κ1) is 18.5. The predicted octanol–water partition coefficient (Wildman–Crippen LogP) is 1.75. The van der Waals surface area contributed by atoms with Gasteiger partial charge in [0.25, 0.3) is 11.8 Å². The molecule has 0 radical (unpaired) electrons. The van der Waals surface area contributed by atoms with E-state index in [4.69, 9.17) is 14.6 Å². The third kappa shape index (κ3) is 4.02. The van der Waals surface area contributed by atoms with Gasteiger partial charge in [-0.1, -0.05) is 0 Å². The molecule has 4 N–H and O–H groups in total. The number of quaternary nitrogens is 1. The van der Waals surface area contributed by atoms with Crippen LogP contribution in [-0.4, -0.2) is 18.4 Å². The number of aryl methyl sites for hydroxylation is 1. The van der Waals surface area contributed by atoms with Gasteiger partial charge in [-0.05, 0) is 49.1 Å². The number of furan rings is 2. The van der Waals surface area contributed by atoms with Gasteiger partial charge in [0.15, 0.2) is 18.1 Å². The molecular formula is C20H22N3O4S+. The van der Waals surface area contributed by atoms with Gasteiger partial charge in [-0.15, -0.1) is 11.3 Å². The van der Waals surface area contributed by atoms with Gasteiger partial charge in [0.2, 0.25) is 0 Å². The number of carbonyl (C=O) groups is 2. The number of primary amides is 1. The Bertz CT molecular complexity index is 924. The van der Waals surface area contributed by atoms with Crippen molar-refractivity contribution >= 4 is 28.2 Å². The molecule has 3 heterocycles. The molecule has 8 heteroatoms. The van der Waals surface area contributed by atoms with Gasteiger partial charge in [0, 0.05) is 4.88 Å². The predicted molar refractivity (Wildman–Crippen MR) is 104 cm³/mol. The lowest BCUT2D eigenvalue weighted by Gasteiger charge is -2.17. The molecule has 0 saturated heterocycles. The van der Waals surface area contributed by atoms with Gasteiger partial charge >= 0.3 is 0 Å². The third-order valence-corrected chi connectivity index (χ3v) is 6.05. The largest absolute Gasteiger partial charge is 0.463 e. The Balaban J connectivity index is 1.48. The monoisotopic (exact) mass is 400 g/mol. The van der Waals surface area contributed by atoms with Crippen molar-refractivity contribution in [3.63, 3.8) is 0 Å². The highest BCUT2D eigenvalue weighted by Gasteiger charge is 2.27. The Labute approximate surface area is 166 Å². The van der Waals surface area contributed by atoms with Crippen molar-refractivity contribution < 1.29 is 23.3 Å². The van der Waals surface area contributed by atoms with Crippen LogP contribution in [0.5, 0.6) is 0 Å². The van der Waals surface area contributed by atoms with Crippen molar-refractivity contribution in [2.75, 3.05) is 11.9 Å². The summed E-state index contributed by atoms with van der Waals surface area (Å²) in [5, 5.41) is 3.47. The van der Waals surface area contributed by atoms with Gasteiger partial charge in [0.05, 0.1) is 18.1 Å². The third-order valence-electron chi connectivity index (χ3n) is 4.84. The van der Waals surface area contributed by atoms with E-state index in [1.54, 1.807) is 12.5 Å². The first-order chi connectivity index (χ1) is 13.6. The number of nitrogens with two attached hydrogens (primary N) is 1. The lowest BCUT2D eigenvalue weighted by molar-refractivity contribution is -0.921. The lowest BCUT2D eigenvalue weighted by Crippen LogP contribution is -3.10. The van der Waals surface area contributed by atoms with Crippen LogP contribution < -0.4 is 16.0 Å². The van der Waals surface area contributed by atoms with Crippen LogP contribution in [0.25, 0.3) is 0 Å². The lowest BCUT2D eigenvalue weighted by atomic mass is 10.1. The highest BCUT2D eigenvalue weighted by Crippen LogP contribution is 2.38. The molecule has 0 unspecified atom stereocenters. The van der Waals surface area contributed by atoms with Crippen LogP contribution in [0.1, 0.15) is 38.7 Å². The van der Waals surface area contributed by atoms with E-state index in [2.05, 4.69) is 5.32 Å². The Morgan fingerprint density at radius 3 is 2.36 bits per heavy atom. The van der Waals surface area contributed by atoms with Crippen molar-refractivity contribution in [3.05, 3.63) is 64.3 Å². The molecule has 7 nitrogen and oxygen atoms in total. The molecule has 0 atom stereocenters. The minimum absolute atomic E-state index is 0.171. The van der Waals surface area contributed by atoms with Crippen molar-refractivity contribution in [3.8, 4) is 0 Å². The summed E-state index contributed by atoms with van der Waals surface area (Å²) in [6.07, 6.45) is 6.04. The molecule has 28 heavy (non-hydrogen) atoms. The second kappa shape index (κ2) is 8.04. The Kier molecular flexibility index (Phi) is 5.31. The van der Waals surface area contributed by atoms with Gasteiger partial charge in [-0.3, -0.25) is 9.59 Å². The van der Waals surface area contributed by atoms with Gasteiger partial charge < -0.3 is 24.8 Å².